The van der Waals surface area contributed by atoms with Crippen molar-refractivity contribution in [3.8, 4) is 5.75 Å². The maximum atomic E-state index is 6.02. The predicted octanol–water partition coefficient (Wildman–Crippen LogP) is 2.97. The SMILES string of the molecule is CC1=CCN(CCOc2ccccc2CNC2CC2)CC1. The molecule has 1 aromatic carbocycles. The molecule has 21 heavy (non-hydrogen) atoms. The predicted molar refractivity (Wildman–Crippen MR) is 86.6 cm³/mol. The van der Waals surface area contributed by atoms with Crippen LogP contribution in [0.25, 0.3) is 0 Å². The van der Waals surface area contributed by atoms with E-state index in [9.17, 15) is 0 Å². The van der Waals surface area contributed by atoms with Gasteiger partial charge in [-0.3, -0.25) is 4.90 Å². The third kappa shape index (κ3) is 4.58. The van der Waals surface area contributed by atoms with Crippen molar-refractivity contribution in [1.29, 1.82) is 0 Å². The smallest absolute Gasteiger partial charge is 0.123 e. The summed E-state index contributed by atoms with van der Waals surface area (Å²) in [6.07, 6.45) is 6.18. The van der Waals surface area contributed by atoms with Crippen molar-refractivity contribution in [2.75, 3.05) is 26.2 Å². The van der Waals surface area contributed by atoms with E-state index in [2.05, 4.69) is 47.5 Å². The van der Waals surface area contributed by atoms with E-state index >= 15 is 0 Å². The Morgan fingerprint density at radius 2 is 2.14 bits per heavy atom. The topological polar surface area (TPSA) is 24.5 Å². The molecule has 114 valence electrons. The zero-order chi connectivity index (χ0) is 14.5. The Morgan fingerprint density at radius 1 is 1.29 bits per heavy atom. The van der Waals surface area contributed by atoms with E-state index in [1.807, 2.05) is 0 Å². The number of benzene rings is 1. The molecule has 1 aliphatic heterocycles. The monoisotopic (exact) mass is 286 g/mol. The van der Waals surface area contributed by atoms with Crippen LogP contribution in [0.1, 0.15) is 31.7 Å². The lowest BCUT2D eigenvalue weighted by atomic mass is 10.1. The quantitative estimate of drug-likeness (QED) is 0.780. The summed E-state index contributed by atoms with van der Waals surface area (Å²) in [5.41, 5.74) is 2.79. The highest BCUT2D eigenvalue weighted by atomic mass is 16.5. The minimum atomic E-state index is 0.737. The van der Waals surface area contributed by atoms with Crippen molar-refractivity contribution in [2.45, 2.75) is 38.8 Å². The Morgan fingerprint density at radius 3 is 2.90 bits per heavy atom. The Labute approximate surface area is 128 Å². The molecule has 0 saturated heterocycles. The fourth-order valence-electron chi connectivity index (χ4n) is 2.63. The third-order valence-electron chi connectivity index (χ3n) is 4.32. The van der Waals surface area contributed by atoms with Crippen LogP contribution in [-0.2, 0) is 6.54 Å². The zero-order valence-electron chi connectivity index (χ0n) is 13.0. The molecule has 3 heteroatoms. The van der Waals surface area contributed by atoms with Crippen molar-refractivity contribution >= 4 is 0 Å². The molecule has 0 atom stereocenters. The van der Waals surface area contributed by atoms with E-state index in [-0.39, 0.29) is 0 Å². The lowest BCUT2D eigenvalue weighted by Crippen LogP contribution is -2.32. The van der Waals surface area contributed by atoms with Gasteiger partial charge in [0.25, 0.3) is 0 Å². The summed E-state index contributed by atoms with van der Waals surface area (Å²) in [6.45, 7) is 7.15. The lowest BCUT2D eigenvalue weighted by Gasteiger charge is -2.25. The number of rotatable bonds is 7. The molecule has 0 unspecified atom stereocenters. The highest BCUT2D eigenvalue weighted by molar-refractivity contribution is 5.33. The van der Waals surface area contributed by atoms with Crippen LogP contribution in [0.5, 0.6) is 5.75 Å². The van der Waals surface area contributed by atoms with Crippen molar-refractivity contribution in [3.63, 3.8) is 0 Å². The first kappa shape index (κ1) is 14.6. The molecular weight excluding hydrogens is 260 g/mol. The van der Waals surface area contributed by atoms with E-state index in [1.54, 1.807) is 0 Å². The third-order valence-corrected chi connectivity index (χ3v) is 4.32. The van der Waals surface area contributed by atoms with Gasteiger partial charge in [0.15, 0.2) is 0 Å². The lowest BCUT2D eigenvalue weighted by molar-refractivity contribution is 0.217. The van der Waals surface area contributed by atoms with Crippen LogP contribution in [0, 0.1) is 0 Å². The van der Waals surface area contributed by atoms with E-state index in [0.29, 0.717) is 0 Å². The summed E-state index contributed by atoms with van der Waals surface area (Å²) in [5.74, 6) is 1.04. The largest absolute Gasteiger partial charge is 0.492 e. The molecular formula is C18H26N2O. The molecule has 0 radical (unpaired) electrons. The van der Waals surface area contributed by atoms with Crippen LogP contribution in [0.2, 0.25) is 0 Å². The molecule has 1 saturated carbocycles. The maximum absolute atomic E-state index is 6.02. The number of para-hydroxylation sites is 1. The minimum Gasteiger partial charge on any atom is -0.492 e. The number of ether oxygens (including phenoxy) is 1. The Bertz CT molecular complexity index is 494. The van der Waals surface area contributed by atoms with Crippen LogP contribution < -0.4 is 10.1 Å². The van der Waals surface area contributed by atoms with Gasteiger partial charge in [-0.2, -0.15) is 0 Å². The number of hydrogen-bond acceptors (Lipinski definition) is 3. The average molecular weight is 286 g/mol. The van der Waals surface area contributed by atoms with Gasteiger partial charge in [-0.15, -0.1) is 0 Å². The Hall–Kier alpha value is -1.32. The fraction of sp³-hybridized carbons (Fsp3) is 0.556. The van der Waals surface area contributed by atoms with E-state index in [0.717, 1.165) is 44.6 Å². The summed E-state index contributed by atoms with van der Waals surface area (Å²) < 4.78 is 6.02. The molecule has 0 aromatic heterocycles. The normalized spacial score (nSPS) is 19.4. The molecule has 0 amide bonds. The van der Waals surface area contributed by atoms with Gasteiger partial charge in [0.05, 0.1) is 0 Å². The van der Waals surface area contributed by atoms with Crippen molar-refractivity contribution < 1.29 is 4.74 Å². The standard InChI is InChI=1S/C18H26N2O/c1-15-8-10-20(11-9-15)12-13-21-18-5-3-2-4-16(18)14-19-17-6-7-17/h2-5,8,17,19H,6-7,9-14H2,1H3. The second-order valence-corrected chi connectivity index (χ2v) is 6.21. The van der Waals surface area contributed by atoms with Crippen molar-refractivity contribution in [2.24, 2.45) is 0 Å². The highest BCUT2D eigenvalue weighted by Crippen LogP contribution is 2.22. The van der Waals surface area contributed by atoms with Gasteiger partial charge in [0.2, 0.25) is 0 Å². The zero-order valence-corrected chi connectivity index (χ0v) is 13.0. The second kappa shape index (κ2) is 7.10. The van der Waals surface area contributed by atoms with Gasteiger partial charge < -0.3 is 10.1 Å². The number of nitrogens with zero attached hydrogens (tertiary/aromatic N) is 1. The molecule has 2 aliphatic rings. The minimum absolute atomic E-state index is 0.737. The molecule has 3 rings (SSSR count). The fourth-order valence-corrected chi connectivity index (χ4v) is 2.63. The summed E-state index contributed by atoms with van der Waals surface area (Å²) in [7, 11) is 0. The van der Waals surface area contributed by atoms with Gasteiger partial charge in [-0.1, -0.05) is 29.8 Å². The van der Waals surface area contributed by atoms with Crippen LogP contribution >= 0.6 is 0 Å². The summed E-state index contributed by atoms with van der Waals surface area (Å²) in [5, 5.41) is 3.56. The van der Waals surface area contributed by atoms with Crippen LogP contribution in [-0.4, -0.2) is 37.2 Å². The van der Waals surface area contributed by atoms with Gasteiger partial charge in [0.1, 0.15) is 12.4 Å². The molecule has 0 spiro atoms. The Kier molecular flexibility index (Phi) is 4.94. The summed E-state index contributed by atoms with van der Waals surface area (Å²) in [4.78, 5) is 2.46. The van der Waals surface area contributed by atoms with Crippen molar-refractivity contribution in [3.05, 3.63) is 41.5 Å². The van der Waals surface area contributed by atoms with E-state index < -0.39 is 0 Å². The molecule has 1 aromatic rings. The van der Waals surface area contributed by atoms with Gasteiger partial charge in [0, 0.05) is 37.8 Å². The molecule has 0 bridgehead atoms. The van der Waals surface area contributed by atoms with Gasteiger partial charge in [-0.05, 0) is 32.3 Å². The molecule has 1 heterocycles. The van der Waals surface area contributed by atoms with Crippen LogP contribution in [0.4, 0.5) is 0 Å². The number of nitrogens with one attached hydrogen (secondary N) is 1. The van der Waals surface area contributed by atoms with Crippen LogP contribution in [0.3, 0.4) is 0 Å². The van der Waals surface area contributed by atoms with Gasteiger partial charge in [-0.25, -0.2) is 0 Å². The van der Waals surface area contributed by atoms with E-state index in [4.69, 9.17) is 4.74 Å². The summed E-state index contributed by atoms with van der Waals surface area (Å²) >= 11 is 0. The molecule has 1 fully saturated rings. The average Bonchev–Trinajstić information content (AvgIpc) is 3.33. The van der Waals surface area contributed by atoms with Crippen LogP contribution in [0.15, 0.2) is 35.9 Å². The highest BCUT2D eigenvalue weighted by Gasteiger charge is 2.20. The van der Waals surface area contributed by atoms with Gasteiger partial charge >= 0.3 is 0 Å². The molecule has 3 nitrogen and oxygen atoms in total. The first-order chi connectivity index (χ1) is 10.3. The molecule has 1 aliphatic carbocycles. The maximum Gasteiger partial charge on any atom is 0.123 e. The summed E-state index contributed by atoms with van der Waals surface area (Å²) in [6, 6.07) is 9.14. The van der Waals surface area contributed by atoms with Crippen molar-refractivity contribution in [1.82, 2.24) is 10.2 Å². The first-order valence-electron chi connectivity index (χ1n) is 8.13. The number of hydrogen-bond donors (Lipinski definition) is 1. The first-order valence-corrected chi connectivity index (χ1v) is 8.13. The molecule has 1 N–H and O–H groups in total. The van der Waals surface area contributed by atoms with E-state index in [1.165, 1.54) is 30.4 Å². The Balaban J connectivity index is 1.45. The second-order valence-electron chi connectivity index (χ2n) is 6.21.